The van der Waals surface area contributed by atoms with Crippen LogP contribution in [0, 0.1) is 0 Å². The van der Waals surface area contributed by atoms with Gasteiger partial charge in [-0.2, -0.15) is 0 Å². The number of ether oxygens (including phenoxy) is 1. The van der Waals surface area contributed by atoms with Crippen LogP contribution in [0.1, 0.15) is 32.0 Å². The summed E-state index contributed by atoms with van der Waals surface area (Å²) in [5, 5.41) is 8.51. The van der Waals surface area contributed by atoms with Crippen LogP contribution < -0.4 is 4.74 Å². The number of rotatable bonds is 8. The van der Waals surface area contributed by atoms with Gasteiger partial charge in [0.05, 0.1) is 17.4 Å². The van der Waals surface area contributed by atoms with Gasteiger partial charge in [-0.3, -0.25) is 4.90 Å². The first-order valence-corrected chi connectivity index (χ1v) is 8.71. The molecule has 0 fully saturated rings. The molecule has 2 aromatic rings. The van der Waals surface area contributed by atoms with Crippen molar-refractivity contribution in [3.05, 3.63) is 41.7 Å². The van der Waals surface area contributed by atoms with Crippen molar-refractivity contribution in [3.8, 4) is 5.75 Å². The van der Waals surface area contributed by atoms with Crippen molar-refractivity contribution < 1.29 is 4.74 Å². The van der Waals surface area contributed by atoms with Crippen molar-refractivity contribution in [2.75, 3.05) is 34.3 Å². The average Bonchev–Trinajstić information content (AvgIpc) is 2.95. The highest BCUT2D eigenvalue weighted by atomic mass is 16.5. The number of benzene rings is 1. The largest absolute Gasteiger partial charge is 0.492 e. The van der Waals surface area contributed by atoms with E-state index in [0.29, 0.717) is 6.61 Å². The lowest BCUT2D eigenvalue weighted by molar-refractivity contribution is 0.260. The van der Waals surface area contributed by atoms with Gasteiger partial charge in [0.2, 0.25) is 0 Å². The van der Waals surface area contributed by atoms with E-state index in [0.717, 1.165) is 31.1 Å². The molecule has 0 atom stereocenters. The van der Waals surface area contributed by atoms with Crippen LogP contribution >= 0.6 is 0 Å². The van der Waals surface area contributed by atoms with Gasteiger partial charge in [0.15, 0.2) is 0 Å². The first kappa shape index (κ1) is 19.4. The van der Waals surface area contributed by atoms with Crippen LogP contribution in [-0.4, -0.2) is 59.1 Å². The minimum absolute atomic E-state index is 0.0396. The van der Waals surface area contributed by atoms with Crippen molar-refractivity contribution in [3.63, 3.8) is 0 Å². The highest BCUT2D eigenvalue weighted by Crippen LogP contribution is 2.16. The Morgan fingerprint density at radius 3 is 2.52 bits per heavy atom. The van der Waals surface area contributed by atoms with Gasteiger partial charge >= 0.3 is 0 Å². The fraction of sp³-hybridized carbons (Fsp3) is 0.579. The SMILES string of the molecule is CN(C)CCOc1cccc(CN(C)Cc2cn(C(C)(C)C)nn2)c1. The molecule has 1 aromatic carbocycles. The first-order chi connectivity index (χ1) is 11.7. The lowest BCUT2D eigenvalue weighted by atomic mass is 10.1. The molecule has 6 heteroatoms. The third kappa shape index (κ3) is 6.48. The fourth-order valence-electron chi connectivity index (χ4n) is 2.42. The summed E-state index contributed by atoms with van der Waals surface area (Å²) in [5.74, 6) is 0.923. The maximum absolute atomic E-state index is 5.81. The molecule has 0 amide bonds. The van der Waals surface area contributed by atoms with E-state index in [-0.39, 0.29) is 5.54 Å². The van der Waals surface area contributed by atoms with Crippen molar-refractivity contribution in [2.24, 2.45) is 0 Å². The molecule has 25 heavy (non-hydrogen) atoms. The molecule has 6 nitrogen and oxygen atoms in total. The molecule has 0 saturated heterocycles. The van der Waals surface area contributed by atoms with Crippen LogP contribution in [0.15, 0.2) is 30.5 Å². The summed E-state index contributed by atoms with van der Waals surface area (Å²) in [6.07, 6.45) is 2.03. The maximum atomic E-state index is 5.81. The minimum Gasteiger partial charge on any atom is -0.492 e. The number of nitrogens with zero attached hydrogens (tertiary/aromatic N) is 5. The van der Waals surface area contributed by atoms with E-state index in [4.69, 9.17) is 4.74 Å². The second kappa shape index (κ2) is 8.45. The Kier molecular flexibility index (Phi) is 6.56. The molecule has 1 aromatic heterocycles. The van der Waals surface area contributed by atoms with Crippen LogP contribution in [0.25, 0.3) is 0 Å². The average molecular weight is 345 g/mol. The maximum Gasteiger partial charge on any atom is 0.119 e. The minimum atomic E-state index is -0.0396. The van der Waals surface area contributed by atoms with Crippen molar-refractivity contribution in [1.82, 2.24) is 24.8 Å². The number of hydrogen-bond acceptors (Lipinski definition) is 5. The molecule has 0 saturated carbocycles. The van der Waals surface area contributed by atoms with E-state index in [2.05, 4.69) is 60.1 Å². The normalized spacial score (nSPS) is 12.2. The molecule has 0 N–H and O–H groups in total. The zero-order chi connectivity index (χ0) is 18.4. The molecular formula is C19H31N5O. The highest BCUT2D eigenvalue weighted by molar-refractivity contribution is 5.28. The standard InChI is InChI=1S/C19H31N5O/c1-19(2,3)24-15-17(20-21-24)14-23(6)13-16-8-7-9-18(12-16)25-11-10-22(4)5/h7-9,12,15H,10-11,13-14H2,1-6H3. The number of aromatic nitrogens is 3. The number of likely N-dealkylation sites (N-methyl/N-ethyl adjacent to an activating group) is 1. The van der Waals surface area contributed by atoms with Crippen molar-refractivity contribution in [1.29, 1.82) is 0 Å². The van der Waals surface area contributed by atoms with E-state index >= 15 is 0 Å². The van der Waals surface area contributed by atoms with Crippen LogP contribution in [0.3, 0.4) is 0 Å². The van der Waals surface area contributed by atoms with Gasteiger partial charge in [-0.1, -0.05) is 17.3 Å². The molecule has 2 rings (SSSR count). The van der Waals surface area contributed by atoms with E-state index < -0.39 is 0 Å². The summed E-state index contributed by atoms with van der Waals surface area (Å²) in [6.45, 7) is 9.58. The van der Waals surface area contributed by atoms with Gasteiger partial charge < -0.3 is 9.64 Å². The molecular weight excluding hydrogens is 314 g/mol. The summed E-state index contributed by atoms with van der Waals surface area (Å²) in [4.78, 5) is 4.35. The molecule has 1 heterocycles. The second-order valence-corrected chi connectivity index (χ2v) is 7.80. The van der Waals surface area contributed by atoms with Crippen LogP contribution in [0.2, 0.25) is 0 Å². The molecule has 0 aliphatic carbocycles. The van der Waals surface area contributed by atoms with Gasteiger partial charge in [0.25, 0.3) is 0 Å². The van der Waals surface area contributed by atoms with Crippen LogP contribution in [-0.2, 0) is 18.6 Å². The Morgan fingerprint density at radius 2 is 1.88 bits per heavy atom. The topological polar surface area (TPSA) is 46.4 Å². The van der Waals surface area contributed by atoms with Crippen molar-refractivity contribution >= 4 is 0 Å². The Morgan fingerprint density at radius 1 is 1.12 bits per heavy atom. The lowest BCUT2D eigenvalue weighted by Crippen LogP contribution is -2.22. The van der Waals surface area contributed by atoms with E-state index in [1.165, 1.54) is 5.56 Å². The zero-order valence-electron chi connectivity index (χ0n) is 16.4. The van der Waals surface area contributed by atoms with Gasteiger partial charge in [-0.15, -0.1) is 5.10 Å². The highest BCUT2D eigenvalue weighted by Gasteiger charge is 2.15. The first-order valence-electron chi connectivity index (χ1n) is 8.71. The quantitative estimate of drug-likeness (QED) is 0.736. The van der Waals surface area contributed by atoms with E-state index in [1.54, 1.807) is 0 Å². The Bertz CT molecular complexity index is 660. The van der Waals surface area contributed by atoms with Gasteiger partial charge in [0.1, 0.15) is 12.4 Å². The molecule has 0 radical (unpaired) electrons. The van der Waals surface area contributed by atoms with Crippen LogP contribution in [0.4, 0.5) is 0 Å². The summed E-state index contributed by atoms with van der Waals surface area (Å²) in [5.41, 5.74) is 2.17. The summed E-state index contributed by atoms with van der Waals surface area (Å²) >= 11 is 0. The zero-order valence-corrected chi connectivity index (χ0v) is 16.4. The Hall–Kier alpha value is -1.92. The van der Waals surface area contributed by atoms with Gasteiger partial charge in [-0.25, -0.2) is 4.68 Å². The Balaban J connectivity index is 1.89. The monoisotopic (exact) mass is 345 g/mol. The molecule has 138 valence electrons. The fourth-order valence-corrected chi connectivity index (χ4v) is 2.42. The summed E-state index contributed by atoms with van der Waals surface area (Å²) in [6, 6.07) is 8.29. The van der Waals surface area contributed by atoms with E-state index in [1.807, 2.05) is 37.1 Å². The second-order valence-electron chi connectivity index (χ2n) is 7.80. The van der Waals surface area contributed by atoms with Crippen LogP contribution in [0.5, 0.6) is 5.75 Å². The lowest BCUT2D eigenvalue weighted by Gasteiger charge is -2.18. The molecule has 0 aliphatic rings. The predicted molar refractivity (Wildman–Crippen MR) is 101 cm³/mol. The van der Waals surface area contributed by atoms with E-state index in [9.17, 15) is 0 Å². The molecule has 0 bridgehead atoms. The van der Waals surface area contributed by atoms with Crippen molar-refractivity contribution in [2.45, 2.75) is 39.4 Å². The summed E-state index contributed by atoms with van der Waals surface area (Å²) in [7, 11) is 6.19. The Labute approximate surface area is 151 Å². The third-order valence-corrected chi connectivity index (χ3v) is 3.82. The van der Waals surface area contributed by atoms with Gasteiger partial charge in [0, 0.05) is 19.6 Å². The number of hydrogen-bond donors (Lipinski definition) is 0. The third-order valence-electron chi connectivity index (χ3n) is 3.82. The summed E-state index contributed by atoms with van der Waals surface area (Å²) < 4.78 is 7.72. The molecule has 0 unspecified atom stereocenters. The predicted octanol–water partition coefficient (Wildman–Crippen LogP) is 2.61. The smallest absolute Gasteiger partial charge is 0.119 e. The molecule has 0 spiro atoms. The molecule has 0 aliphatic heterocycles. The van der Waals surface area contributed by atoms with Gasteiger partial charge in [-0.05, 0) is 59.6 Å².